The minimum Gasteiger partial charge on any atom is -0.332 e. The van der Waals surface area contributed by atoms with Crippen molar-refractivity contribution in [1.29, 1.82) is 5.26 Å². The number of hydrogen-bond donors (Lipinski definition) is 0. The maximum atomic E-state index is 12.8. The lowest BCUT2D eigenvalue weighted by molar-refractivity contribution is -0.157. The van der Waals surface area contributed by atoms with E-state index in [1.807, 2.05) is 37.3 Å². The number of fused-ring (bicyclic) bond motifs is 1. The molecule has 2 amide bonds. The average Bonchev–Trinajstić information content (AvgIpc) is 2.90. The second kappa shape index (κ2) is 5.13. The Morgan fingerprint density at radius 1 is 1.27 bits per heavy atom. The molecular formula is C17H19N3O2. The first-order valence-corrected chi connectivity index (χ1v) is 7.47. The van der Waals surface area contributed by atoms with Crippen molar-refractivity contribution in [2.45, 2.75) is 31.8 Å². The maximum absolute atomic E-state index is 12.8. The SMILES string of the molecule is CN1C(=O)C2CC(C)(C#N)CN2C(=O)C1Cc1ccccc1. The number of carbonyl (C=O) groups is 2. The molecule has 0 radical (unpaired) electrons. The summed E-state index contributed by atoms with van der Waals surface area (Å²) in [7, 11) is 1.69. The molecule has 1 aromatic rings. The second-order valence-corrected chi connectivity index (χ2v) is 6.51. The molecule has 3 rings (SSSR count). The van der Waals surface area contributed by atoms with Gasteiger partial charge in [0.15, 0.2) is 0 Å². The van der Waals surface area contributed by atoms with Gasteiger partial charge in [-0.25, -0.2) is 0 Å². The zero-order chi connectivity index (χ0) is 15.9. The molecule has 0 bridgehead atoms. The number of likely N-dealkylation sites (N-methyl/N-ethyl adjacent to an activating group) is 1. The van der Waals surface area contributed by atoms with Crippen LogP contribution < -0.4 is 0 Å². The molecule has 2 aliphatic heterocycles. The molecule has 1 aromatic carbocycles. The molecule has 5 nitrogen and oxygen atoms in total. The summed E-state index contributed by atoms with van der Waals surface area (Å²) < 4.78 is 0. The van der Waals surface area contributed by atoms with Crippen molar-refractivity contribution in [2.24, 2.45) is 5.41 Å². The van der Waals surface area contributed by atoms with Crippen LogP contribution >= 0.6 is 0 Å². The van der Waals surface area contributed by atoms with E-state index in [0.29, 0.717) is 19.4 Å². The minimum absolute atomic E-state index is 0.0464. The molecule has 22 heavy (non-hydrogen) atoms. The van der Waals surface area contributed by atoms with Gasteiger partial charge in [0.1, 0.15) is 12.1 Å². The van der Waals surface area contributed by atoms with E-state index in [1.54, 1.807) is 16.8 Å². The largest absolute Gasteiger partial charge is 0.332 e. The van der Waals surface area contributed by atoms with Gasteiger partial charge in [-0.15, -0.1) is 0 Å². The molecule has 2 saturated heterocycles. The molecule has 0 N–H and O–H groups in total. The number of hydrogen-bond acceptors (Lipinski definition) is 3. The van der Waals surface area contributed by atoms with Gasteiger partial charge in [0, 0.05) is 20.0 Å². The standard InChI is InChI=1S/C17H19N3O2/c1-17(10-18)9-14-15(21)19(2)13(16(22)20(14)11-17)8-12-6-4-3-5-7-12/h3-7,13-14H,8-9,11H2,1-2H3. The van der Waals surface area contributed by atoms with Crippen LogP contribution in [0.25, 0.3) is 0 Å². The Hall–Kier alpha value is -2.35. The zero-order valence-electron chi connectivity index (χ0n) is 12.8. The summed E-state index contributed by atoms with van der Waals surface area (Å²) in [5, 5.41) is 9.30. The van der Waals surface area contributed by atoms with Crippen molar-refractivity contribution in [2.75, 3.05) is 13.6 Å². The van der Waals surface area contributed by atoms with Crippen molar-refractivity contribution in [1.82, 2.24) is 9.80 Å². The van der Waals surface area contributed by atoms with Gasteiger partial charge in [-0.2, -0.15) is 5.26 Å². The first kappa shape index (κ1) is 14.6. The Morgan fingerprint density at radius 3 is 2.59 bits per heavy atom. The van der Waals surface area contributed by atoms with Crippen molar-refractivity contribution in [3.05, 3.63) is 35.9 Å². The molecule has 3 atom stereocenters. The molecule has 2 aliphatic rings. The van der Waals surface area contributed by atoms with Crippen LogP contribution in [0.2, 0.25) is 0 Å². The highest BCUT2D eigenvalue weighted by atomic mass is 16.2. The number of rotatable bonds is 2. The van der Waals surface area contributed by atoms with Crippen LogP contribution in [0.3, 0.4) is 0 Å². The Labute approximate surface area is 130 Å². The summed E-state index contributed by atoms with van der Waals surface area (Å²) in [4.78, 5) is 28.5. The van der Waals surface area contributed by atoms with Gasteiger partial charge in [0.25, 0.3) is 0 Å². The van der Waals surface area contributed by atoms with Crippen molar-refractivity contribution in [3.63, 3.8) is 0 Å². The van der Waals surface area contributed by atoms with Gasteiger partial charge in [0.2, 0.25) is 11.8 Å². The normalized spacial score (nSPS) is 31.1. The molecule has 0 saturated carbocycles. The van der Waals surface area contributed by atoms with E-state index < -0.39 is 17.5 Å². The van der Waals surface area contributed by atoms with Gasteiger partial charge in [0.05, 0.1) is 11.5 Å². The quantitative estimate of drug-likeness (QED) is 0.824. The molecule has 114 valence electrons. The van der Waals surface area contributed by atoms with Crippen LogP contribution in [0.5, 0.6) is 0 Å². The van der Waals surface area contributed by atoms with E-state index in [-0.39, 0.29) is 11.8 Å². The summed E-state index contributed by atoms with van der Waals surface area (Å²) in [5.41, 5.74) is 0.402. The number of carbonyl (C=O) groups excluding carboxylic acids is 2. The molecule has 2 fully saturated rings. The van der Waals surface area contributed by atoms with E-state index in [4.69, 9.17) is 0 Å². The fourth-order valence-corrected chi connectivity index (χ4v) is 3.43. The molecule has 0 aliphatic carbocycles. The Morgan fingerprint density at radius 2 is 1.95 bits per heavy atom. The third-order valence-corrected chi connectivity index (χ3v) is 4.75. The monoisotopic (exact) mass is 297 g/mol. The highest BCUT2D eigenvalue weighted by Gasteiger charge is 2.53. The Kier molecular flexibility index (Phi) is 3.40. The van der Waals surface area contributed by atoms with Crippen LogP contribution in [0.15, 0.2) is 30.3 Å². The lowest BCUT2D eigenvalue weighted by atomic mass is 9.89. The first-order valence-electron chi connectivity index (χ1n) is 7.47. The predicted octanol–water partition coefficient (Wildman–Crippen LogP) is 1.20. The van der Waals surface area contributed by atoms with E-state index in [1.165, 1.54) is 0 Å². The lowest BCUT2D eigenvalue weighted by Crippen LogP contribution is -2.62. The fraction of sp³-hybridized carbons (Fsp3) is 0.471. The molecular weight excluding hydrogens is 278 g/mol. The second-order valence-electron chi connectivity index (χ2n) is 6.51. The lowest BCUT2D eigenvalue weighted by Gasteiger charge is -2.40. The molecule has 5 heteroatoms. The Bertz CT molecular complexity index is 652. The van der Waals surface area contributed by atoms with E-state index in [0.717, 1.165) is 5.56 Å². The summed E-state index contributed by atoms with van der Waals surface area (Å²) in [6, 6.07) is 11.0. The van der Waals surface area contributed by atoms with Crippen LogP contribution in [0, 0.1) is 16.7 Å². The predicted molar refractivity (Wildman–Crippen MR) is 80.5 cm³/mol. The van der Waals surface area contributed by atoms with Crippen molar-refractivity contribution in [3.8, 4) is 6.07 Å². The summed E-state index contributed by atoms with van der Waals surface area (Å²) in [6.07, 6.45) is 0.935. The zero-order valence-corrected chi connectivity index (χ0v) is 12.8. The van der Waals surface area contributed by atoms with Crippen LogP contribution in [0.4, 0.5) is 0 Å². The van der Waals surface area contributed by atoms with Crippen LogP contribution in [-0.2, 0) is 16.0 Å². The first-order chi connectivity index (χ1) is 10.4. The fourth-order valence-electron chi connectivity index (χ4n) is 3.43. The molecule has 0 spiro atoms. The molecule has 2 heterocycles. The summed E-state index contributed by atoms with van der Waals surface area (Å²) in [6.45, 7) is 2.16. The third-order valence-electron chi connectivity index (χ3n) is 4.75. The van der Waals surface area contributed by atoms with E-state index in [9.17, 15) is 14.9 Å². The summed E-state index contributed by atoms with van der Waals surface area (Å²) >= 11 is 0. The number of amides is 2. The maximum Gasteiger partial charge on any atom is 0.246 e. The molecule has 3 unspecified atom stereocenters. The minimum atomic E-state index is -0.627. The van der Waals surface area contributed by atoms with Crippen molar-refractivity contribution < 1.29 is 9.59 Å². The van der Waals surface area contributed by atoms with Crippen LogP contribution in [0.1, 0.15) is 18.9 Å². The summed E-state index contributed by atoms with van der Waals surface area (Å²) in [5.74, 6) is -0.102. The average molecular weight is 297 g/mol. The number of nitriles is 1. The highest BCUT2D eigenvalue weighted by Crippen LogP contribution is 2.38. The van der Waals surface area contributed by atoms with Gasteiger partial charge in [-0.1, -0.05) is 30.3 Å². The number of piperazine rings is 1. The highest BCUT2D eigenvalue weighted by molar-refractivity contribution is 5.97. The van der Waals surface area contributed by atoms with Gasteiger partial charge in [-0.05, 0) is 18.9 Å². The Balaban J connectivity index is 1.87. The van der Waals surface area contributed by atoms with E-state index >= 15 is 0 Å². The number of nitrogens with zero attached hydrogens (tertiary/aromatic N) is 3. The van der Waals surface area contributed by atoms with Crippen LogP contribution in [-0.4, -0.2) is 47.3 Å². The topological polar surface area (TPSA) is 64.4 Å². The number of benzene rings is 1. The van der Waals surface area contributed by atoms with Gasteiger partial charge < -0.3 is 9.80 Å². The third kappa shape index (κ3) is 2.25. The molecule has 0 aromatic heterocycles. The van der Waals surface area contributed by atoms with Gasteiger partial charge in [-0.3, -0.25) is 9.59 Å². The smallest absolute Gasteiger partial charge is 0.246 e. The van der Waals surface area contributed by atoms with Crippen molar-refractivity contribution >= 4 is 11.8 Å². The van der Waals surface area contributed by atoms with Gasteiger partial charge >= 0.3 is 0 Å². The van der Waals surface area contributed by atoms with E-state index in [2.05, 4.69) is 6.07 Å².